The first kappa shape index (κ1) is 19.6. The monoisotopic (exact) mass is 455 g/mol. The molecule has 0 amide bonds. The number of rotatable bonds is 4. The zero-order chi connectivity index (χ0) is 16.9. The fourth-order valence-corrected chi connectivity index (χ4v) is 3.18. The van der Waals surface area contributed by atoms with Crippen molar-refractivity contribution in [1.82, 2.24) is 20.0 Å². The highest BCUT2D eigenvalue weighted by Crippen LogP contribution is 2.28. The van der Waals surface area contributed by atoms with Crippen LogP contribution >= 0.6 is 24.0 Å². The van der Waals surface area contributed by atoms with Crippen molar-refractivity contribution in [3.63, 3.8) is 0 Å². The lowest BCUT2D eigenvalue weighted by molar-refractivity contribution is 0.414. The van der Waals surface area contributed by atoms with Gasteiger partial charge in [-0.1, -0.05) is 12.1 Å². The number of methoxy groups -OCH3 is 1. The number of aryl methyl sites for hydroxylation is 1. The minimum atomic E-state index is 0. The largest absolute Gasteiger partial charge is 0.497 e. The number of aliphatic imine (C=N–C) groups is 1. The predicted molar refractivity (Wildman–Crippen MR) is 111 cm³/mol. The third-order valence-corrected chi connectivity index (χ3v) is 4.64. The van der Waals surface area contributed by atoms with Crippen molar-refractivity contribution in [2.24, 2.45) is 12.0 Å². The van der Waals surface area contributed by atoms with E-state index in [1.165, 1.54) is 5.56 Å². The lowest BCUT2D eigenvalue weighted by atomic mass is 9.98. The molecule has 0 saturated carbocycles. The molecule has 0 aliphatic carbocycles. The average molecular weight is 455 g/mol. The number of hydrogen-bond acceptors (Lipinski definition) is 3. The van der Waals surface area contributed by atoms with Gasteiger partial charge in [-0.05, 0) is 30.2 Å². The Morgan fingerprint density at radius 3 is 2.68 bits per heavy atom. The van der Waals surface area contributed by atoms with Gasteiger partial charge in [0.15, 0.2) is 5.96 Å². The van der Waals surface area contributed by atoms with Gasteiger partial charge in [-0.2, -0.15) is 5.10 Å². The van der Waals surface area contributed by atoms with Crippen LogP contribution in [0.15, 0.2) is 41.5 Å². The summed E-state index contributed by atoms with van der Waals surface area (Å²) in [7, 11) is 5.49. The molecular weight excluding hydrogens is 429 g/mol. The van der Waals surface area contributed by atoms with Crippen molar-refractivity contribution in [2.45, 2.75) is 18.9 Å². The Hall–Kier alpha value is -1.77. The van der Waals surface area contributed by atoms with Gasteiger partial charge in [0.2, 0.25) is 0 Å². The predicted octanol–water partition coefficient (Wildman–Crippen LogP) is 2.61. The van der Waals surface area contributed by atoms with E-state index in [1.807, 2.05) is 43.2 Å². The van der Waals surface area contributed by atoms with Gasteiger partial charge in [0.25, 0.3) is 0 Å². The van der Waals surface area contributed by atoms with E-state index >= 15 is 0 Å². The molecule has 1 atom stereocenters. The molecule has 1 fully saturated rings. The Morgan fingerprint density at radius 2 is 2.08 bits per heavy atom. The molecule has 0 radical (unpaired) electrons. The van der Waals surface area contributed by atoms with E-state index in [0.29, 0.717) is 5.92 Å². The van der Waals surface area contributed by atoms with E-state index < -0.39 is 0 Å². The molecule has 1 N–H and O–H groups in total. The summed E-state index contributed by atoms with van der Waals surface area (Å²) < 4.78 is 7.12. The SMILES string of the molecule is CN=C(NCc1ccnn1C)N1CCC(c2ccc(OC)cc2)C1.I. The highest BCUT2D eigenvalue weighted by molar-refractivity contribution is 14.0. The molecular formula is C18H26IN5O. The highest BCUT2D eigenvalue weighted by Gasteiger charge is 2.26. The Kier molecular flexibility index (Phi) is 7.10. The number of nitrogens with zero attached hydrogens (tertiary/aromatic N) is 4. The van der Waals surface area contributed by atoms with Gasteiger partial charge in [-0.3, -0.25) is 9.67 Å². The molecule has 2 heterocycles. The summed E-state index contributed by atoms with van der Waals surface area (Å²) >= 11 is 0. The van der Waals surface area contributed by atoms with Crippen LogP contribution in [0.4, 0.5) is 0 Å². The van der Waals surface area contributed by atoms with Crippen LogP contribution in [-0.2, 0) is 13.6 Å². The summed E-state index contributed by atoms with van der Waals surface area (Å²) in [6.45, 7) is 2.73. The van der Waals surface area contributed by atoms with Crippen molar-refractivity contribution in [1.29, 1.82) is 0 Å². The van der Waals surface area contributed by atoms with E-state index in [1.54, 1.807) is 7.11 Å². The molecule has 6 nitrogen and oxygen atoms in total. The number of guanidine groups is 1. The number of hydrogen-bond donors (Lipinski definition) is 1. The van der Waals surface area contributed by atoms with Gasteiger partial charge in [-0.15, -0.1) is 24.0 Å². The van der Waals surface area contributed by atoms with Crippen LogP contribution < -0.4 is 10.1 Å². The molecule has 1 aromatic heterocycles. The molecule has 1 aromatic carbocycles. The summed E-state index contributed by atoms with van der Waals surface area (Å²) in [5.41, 5.74) is 2.50. The summed E-state index contributed by atoms with van der Waals surface area (Å²) in [5, 5.41) is 7.64. The van der Waals surface area contributed by atoms with Crippen molar-refractivity contribution >= 4 is 29.9 Å². The molecule has 7 heteroatoms. The van der Waals surface area contributed by atoms with E-state index in [2.05, 4.69) is 32.4 Å². The maximum Gasteiger partial charge on any atom is 0.193 e. The van der Waals surface area contributed by atoms with E-state index in [4.69, 9.17) is 4.74 Å². The fraction of sp³-hybridized carbons (Fsp3) is 0.444. The van der Waals surface area contributed by atoms with E-state index in [9.17, 15) is 0 Å². The highest BCUT2D eigenvalue weighted by atomic mass is 127. The second-order valence-corrected chi connectivity index (χ2v) is 6.05. The van der Waals surface area contributed by atoms with Crippen LogP contribution in [0.2, 0.25) is 0 Å². The third kappa shape index (κ3) is 4.65. The van der Waals surface area contributed by atoms with E-state index in [0.717, 1.165) is 43.5 Å². The first-order chi connectivity index (χ1) is 11.7. The van der Waals surface area contributed by atoms with Gasteiger partial charge >= 0.3 is 0 Å². The number of aromatic nitrogens is 2. The molecule has 1 unspecified atom stereocenters. The lowest BCUT2D eigenvalue weighted by Gasteiger charge is -2.22. The molecule has 2 aromatic rings. The number of nitrogens with one attached hydrogen (secondary N) is 1. The topological polar surface area (TPSA) is 54.7 Å². The Balaban J connectivity index is 0.00000225. The molecule has 1 aliphatic heterocycles. The number of ether oxygens (including phenoxy) is 1. The zero-order valence-electron chi connectivity index (χ0n) is 15.0. The summed E-state index contributed by atoms with van der Waals surface area (Å²) in [6, 6.07) is 10.4. The van der Waals surface area contributed by atoms with Crippen LogP contribution in [0.5, 0.6) is 5.75 Å². The molecule has 136 valence electrons. The zero-order valence-corrected chi connectivity index (χ0v) is 17.3. The fourth-order valence-electron chi connectivity index (χ4n) is 3.18. The summed E-state index contributed by atoms with van der Waals surface area (Å²) in [4.78, 5) is 6.76. The van der Waals surface area contributed by atoms with Crippen molar-refractivity contribution < 1.29 is 4.74 Å². The summed E-state index contributed by atoms with van der Waals surface area (Å²) in [6.07, 6.45) is 2.95. The van der Waals surface area contributed by atoms with Crippen molar-refractivity contribution in [2.75, 3.05) is 27.2 Å². The molecule has 0 spiro atoms. The van der Waals surface area contributed by atoms with E-state index in [-0.39, 0.29) is 24.0 Å². The molecule has 1 aliphatic rings. The van der Waals surface area contributed by atoms with Crippen molar-refractivity contribution in [3.8, 4) is 5.75 Å². The Morgan fingerprint density at radius 1 is 1.32 bits per heavy atom. The smallest absolute Gasteiger partial charge is 0.193 e. The summed E-state index contributed by atoms with van der Waals surface area (Å²) in [5.74, 6) is 2.39. The number of likely N-dealkylation sites (tertiary alicyclic amines) is 1. The second kappa shape index (κ2) is 9.07. The third-order valence-electron chi connectivity index (χ3n) is 4.64. The average Bonchev–Trinajstić information content (AvgIpc) is 3.25. The number of benzene rings is 1. The van der Waals surface area contributed by atoms with Gasteiger partial charge < -0.3 is 15.0 Å². The van der Waals surface area contributed by atoms with Crippen LogP contribution in [0.1, 0.15) is 23.6 Å². The first-order valence-electron chi connectivity index (χ1n) is 8.27. The van der Waals surface area contributed by atoms with Crippen LogP contribution in [0.3, 0.4) is 0 Å². The maximum atomic E-state index is 5.24. The van der Waals surface area contributed by atoms with Crippen LogP contribution in [-0.4, -0.2) is 47.9 Å². The van der Waals surface area contributed by atoms with Crippen molar-refractivity contribution in [3.05, 3.63) is 47.8 Å². The minimum Gasteiger partial charge on any atom is -0.497 e. The molecule has 0 bridgehead atoms. The Bertz CT molecular complexity index is 698. The molecule has 1 saturated heterocycles. The maximum absolute atomic E-state index is 5.24. The minimum absolute atomic E-state index is 0. The number of halogens is 1. The van der Waals surface area contributed by atoms with Gasteiger partial charge in [0.05, 0.1) is 19.3 Å². The molecule has 25 heavy (non-hydrogen) atoms. The Labute approximate surface area is 166 Å². The van der Waals surface area contributed by atoms with Gasteiger partial charge in [-0.25, -0.2) is 0 Å². The van der Waals surface area contributed by atoms with Gasteiger partial charge in [0.1, 0.15) is 5.75 Å². The lowest BCUT2D eigenvalue weighted by Crippen LogP contribution is -2.39. The second-order valence-electron chi connectivity index (χ2n) is 6.05. The van der Waals surface area contributed by atoms with Crippen LogP contribution in [0.25, 0.3) is 0 Å². The standard InChI is InChI=1S/C18H25N5O.HI/c1-19-18(20-12-16-8-10-21-22(16)2)23-11-9-15(13-23)14-4-6-17(24-3)7-5-14;/h4-8,10,15H,9,11-13H2,1-3H3,(H,19,20);1H. The normalized spacial score (nSPS) is 17.3. The quantitative estimate of drug-likeness (QED) is 0.438. The van der Waals surface area contributed by atoms with Gasteiger partial charge in [0, 0.05) is 39.3 Å². The molecule has 3 rings (SSSR count). The first-order valence-corrected chi connectivity index (χ1v) is 8.27. The van der Waals surface area contributed by atoms with Crippen LogP contribution in [0, 0.1) is 0 Å².